The number of hydrogen-bond donors (Lipinski definition) is 0. The highest BCUT2D eigenvalue weighted by atomic mass is 35.5. The second-order valence-electron chi connectivity index (χ2n) is 5.41. The van der Waals surface area contributed by atoms with Crippen LogP contribution in [0.25, 0.3) is 5.76 Å². The first-order valence-electron chi connectivity index (χ1n) is 7.78. The SMILES string of the molecule is C=C(OCCCC)c1ccc(Cc2ccccc2)cc1CCl. The number of rotatable bonds is 8. The summed E-state index contributed by atoms with van der Waals surface area (Å²) in [6.45, 7) is 6.90. The van der Waals surface area contributed by atoms with Gasteiger partial charge in [-0.25, -0.2) is 0 Å². The lowest BCUT2D eigenvalue weighted by atomic mass is 9.99. The lowest BCUT2D eigenvalue weighted by Gasteiger charge is -2.13. The fourth-order valence-corrected chi connectivity index (χ4v) is 2.61. The van der Waals surface area contributed by atoms with Gasteiger partial charge in [-0.05, 0) is 29.5 Å². The van der Waals surface area contributed by atoms with E-state index in [1.807, 2.05) is 6.07 Å². The molecule has 0 N–H and O–H groups in total. The Balaban J connectivity index is 2.12. The predicted molar refractivity (Wildman–Crippen MR) is 95.1 cm³/mol. The molecule has 2 heteroatoms. The molecule has 0 unspecified atom stereocenters. The van der Waals surface area contributed by atoms with Crippen LogP contribution >= 0.6 is 11.6 Å². The molecular weight excluding hydrogens is 292 g/mol. The molecule has 2 aromatic rings. The maximum atomic E-state index is 6.12. The van der Waals surface area contributed by atoms with Gasteiger partial charge in [-0.2, -0.15) is 0 Å². The molecule has 0 amide bonds. The Morgan fingerprint density at radius 1 is 1.09 bits per heavy atom. The van der Waals surface area contributed by atoms with E-state index in [0.29, 0.717) is 12.5 Å². The summed E-state index contributed by atoms with van der Waals surface area (Å²) in [4.78, 5) is 0. The van der Waals surface area contributed by atoms with Crippen LogP contribution in [0.3, 0.4) is 0 Å². The smallest absolute Gasteiger partial charge is 0.119 e. The topological polar surface area (TPSA) is 9.23 Å². The molecule has 0 aliphatic rings. The molecule has 0 fully saturated rings. The van der Waals surface area contributed by atoms with Gasteiger partial charge in [0.25, 0.3) is 0 Å². The average Bonchev–Trinajstić information content (AvgIpc) is 2.55. The van der Waals surface area contributed by atoms with Crippen molar-refractivity contribution >= 4 is 17.4 Å². The Bertz CT molecular complexity index is 604. The predicted octanol–water partition coefficient (Wildman–Crippen LogP) is 5.80. The molecule has 116 valence electrons. The first-order chi connectivity index (χ1) is 10.7. The normalized spacial score (nSPS) is 10.5. The molecular formula is C20H23ClO. The summed E-state index contributed by atoms with van der Waals surface area (Å²) in [7, 11) is 0. The molecule has 2 aromatic carbocycles. The van der Waals surface area contributed by atoms with Crippen LogP contribution in [0.1, 0.15) is 42.0 Å². The van der Waals surface area contributed by atoms with Gasteiger partial charge in [0.15, 0.2) is 0 Å². The third kappa shape index (κ3) is 4.64. The van der Waals surface area contributed by atoms with Crippen LogP contribution in [-0.4, -0.2) is 6.61 Å². The van der Waals surface area contributed by atoms with E-state index < -0.39 is 0 Å². The lowest BCUT2D eigenvalue weighted by Crippen LogP contribution is -1.99. The highest BCUT2D eigenvalue weighted by molar-refractivity contribution is 6.17. The van der Waals surface area contributed by atoms with Crippen LogP contribution < -0.4 is 0 Å². The summed E-state index contributed by atoms with van der Waals surface area (Å²) >= 11 is 6.12. The van der Waals surface area contributed by atoms with Gasteiger partial charge in [0.05, 0.1) is 6.61 Å². The minimum absolute atomic E-state index is 0.466. The van der Waals surface area contributed by atoms with Crippen molar-refractivity contribution in [1.82, 2.24) is 0 Å². The van der Waals surface area contributed by atoms with Crippen LogP contribution in [-0.2, 0) is 17.0 Å². The molecule has 0 aromatic heterocycles. The molecule has 0 aliphatic carbocycles. The summed E-state index contributed by atoms with van der Waals surface area (Å²) in [5.74, 6) is 1.18. The van der Waals surface area contributed by atoms with E-state index in [0.717, 1.165) is 36.1 Å². The molecule has 22 heavy (non-hydrogen) atoms. The largest absolute Gasteiger partial charge is 0.494 e. The Hall–Kier alpha value is -1.73. The van der Waals surface area contributed by atoms with Crippen molar-refractivity contribution in [3.8, 4) is 0 Å². The van der Waals surface area contributed by atoms with Gasteiger partial charge in [0.1, 0.15) is 5.76 Å². The van der Waals surface area contributed by atoms with Gasteiger partial charge in [0.2, 0.25) is 0 Å². The molecule has 1 nitrogen and oxygen atoms in total. The van der Waals surface area contributed by atoms with Crippen LogP contribution in [0, 0.1) is 0 Å². The zero-order valence-electron chi connectivity index (χ0n) is 13.1. The number of benzene rings is 2. The van der Waals surface area contributed by atoms with Crippen molar-refractivity contribution in [2.45, 2.75) is 32.1 Å². The standard InChI is InChI=1S/C20H23ClO/c1-3-4-12-22-16(2)20-11-10-18(14-19(20)15-21)13-17-8-6-5-7-9-17/h5-11,14H,2-4,12-13,15H2,1H3. The summed E-state index contributed by atoms with van der Waals surface area (Å²) in [5.41, 5.74) is 4.65. The molecule has 2 rings (SSSR count). The highest BCUT2D eigenvalue weighted by Gasteiger charge is 2.08. The molecule has 0 aliphatic heterocycles. The van der Waals surface area contributed by atoms with Gasteiger partial charge in [-0.15, -0.1) is 11.6 Å². The van der Waals surface area contributed by atoms with Gasteiger partial charge < -0.3 is 4.74 Å². The van der Waals surface area contributed by atoms with Crippen LogP contribution in [0.5, 0.6) is 0 Å². The maximum Gasteiger partial charge on any atom is 0.119 e. The van der Waals surface area contributed by atoms with Gasteiger partial charge in [-0.1, -0.05) is 68.5 Å². The quantitative estimate of drug-likeness (QED) is 0.340. The van der Waals surface area contributed by atoms with Gasteiger partial charge in [-0.3, -0.25) is 0 Å². The fraction of sp³-hybridized carbons (Fsp3) is 0.300. The Labute approximate surface area is 138 Å². The zero-order valence-corrected chi connectivity index (χ0v) is 13.9. The van der Waals surface area contributed by atoms with Crippen molar-refractivity contribution in [3.05, 3.63) is 77.4 Å². The minimum atomic E-state index is 0.466. The number of alkyl halides is 1. The van der Waals surface area contributed by atoms with Crippen molar-refractivity contribution in [3.63, 3.8) is 0 Å². The Kier molecular flexibility index (Phi) is 6.54. The third-order valence-electron chi connectivity index (χ3n) is 3.64. The summed E-state index contributed by atoms with van der Waals surface area (Å²) in [6, 6.07) is 16.8. The monoisotopic (exact) mass is 314 g/mol. The van der Waals surface area contributed by atoms with E-state index in [9.17, 15) is 0 Å². The minimum Gasteiger partial charge on any atom is -0.494 e. The Morgan fingerprint density at radius 2 is 1.86 bits per heavy atom. The van der Waals surface area contributed by atoms with Crippen molar-refractivity contribution in [2.75, 3.05) is 6.61 Å². The van der Waals surface area contributed by atoms with E-state index in [-0.39, 0.29) is 0 Å². The first-order valence-corrected chi connectivity index (χ1v) is 8.31. The van der Waals surface area contributed by atoms with Crippen LogP contribution in [0.4, 0.5) is 0 Å². The van der Waals surface area contributed by atoms with E-state index in [4.69, 9.17) is 16.3 Å². The molecule has 0 saturated heterocycles. The second kappa shape index (κ2) is 8.65. The molecule has 0 bridgehead atoms. The molecule has 0 radical (unpaired) electrons. The fourth-order valence-electron chi connectivity index (χ4n) is 2.39. The third-order valence-corrected chi connectivity index (χ3v) is 3.93. The second-order valence-corrected chi connectivity index (χ2v) is 5.68. The number of halogens is 1. The first kappa shape index (κ1) is 16.6. The summed E-state index contributed by atoms with van der Waals surface area (Å²) in [6.07, 6.45) is 3.07. The van der Waals surface area contributed by atoms with E-state index >= 15 is 0 Å². The maximum absolute atomic E-state index is 6.12. The van der Waals surface area contributed by atoms with E-state index in [1.54, 1.807) is 0 Å². The molecule has 0 atom stereocenters. The van der Waals surface area contributed by atoms with Crippen molar-refractivity contribution in [1.29, 1.82) is 0 Å². The molecule has 0 saturated carbocycles. The number of hydrogen-bond acceptors (Lipinski definition) is 1. The van der Waals surface area contributed by atoms with E-state index in [1.165, 1.54) is 11.1 Å². The summed E-state index contributed by atoms with van der Waals surface area (Å²) in [5, 5.41) is 0. The van der Waals surface area contributed by atoms with E-state index in [2.05, 4.69) is 56.0 Å². The van der Waals surface area contributed by atoms with Crippen LogP contribution in [0.15, 0.2) is 55.1 Å². The number of unbranched alkanes of at least 4 members (excludes halogenated alkanes) is 1. The average molecular weight is 315 g/mol. The van der Waals surface area contributed by atoms with Crippen molar-refractivity contribution in [2.24, 2.45) is 0 Å². The summed E-state index contributed by atoms with van der Waals surface area (Å²) < 4.78 is 5.72. The lowest BCUT2D eigenvalue weighted by molar-refractivity contribution is 0.271. The van der Waals surface area contributed by atoms with Gasteiger partial charge in [0, 0.05) is 11.4 Å². The van der Waals surface area contributed by atoms with Crippen molar-refractivity contribution < 1.29 is 4.74 Å². The zero-order chi connectivity index (χ0) is 15.8. The highest BCUT2D eigenvalue weighted by Crippen LogP contribution is 2.23. The van der Waals surface area contributed by atoms with Crippen LogP contribution in [0.2, 0.25) is 0 Å². The Morgan fingerprint density at radius 3 is 2.55 bits per heavy atom. The number of ether oxygens (including phenoxy) is 1. The molecule has 0 heterocycles. The molecule has 0 spiro atoms. The van der Waals surface area contributed by atoms with Gasteiger partial charge >= 0.3 is 0 Å².